The summed E-state index contributed by atoms with van der Waals surface area (Å²) in [4.78, 5) is 64.6. The first-order valence-corrected chi connectivity index (χ1v) is 37.3. The van der Waals surface area contributed by atoms with E-state index >= 15 is 0 Å². The summed E-state index contributed by atoms with van der Waals surface area (Å²) in [6.07, 6.45) is 5.58. The molecule has 2 atom stereocenters. The molecular formula is C64H66Cl3F5N12O14S4. The number of pyridine rings is 4. The molecule has 102 heavy (non-hydrogen) atoms. The molecule has 4 aromatic carbocycles. The number of carbonyl (C=O) groups is 4. The quantitative estimate of drug-likeness (QED) is 0.0285. The van der Waals surface area contributed by atoms with Gasteiger partial charge in [0.2, 0.25) is 40.1 Å². The number of ether oxygens (including phenoxy) is 1. The molecule has 9 N–H and O–H groups in total. The Morgan fingerprint density at radius 2 is 0.833 bits per heavy atom. The number of rotatable bonds is 22. The van der Waals surface area contributed by atoms with E-state index in [1.54, 1.807) is 27.7 Å². The fraction of sp³-hybridized carbons (Fsp3) is 0.250. The van der Waals surface area contributed by atoms with E-state index < -0.39 is 115 Å². The zero-order valence-corrected chi connectivity index (χ0v) is 60.1. The van der Waals surface area contributed by atoms with Crippen molar-refractivity contribution in [2.75, 3.05) is 71.5 Å². The lowest BCUT2D eigenvalue weighted by atomic mass is 10.0. The zero-order valence-electron chi connectivity index (χ0n) is 54.5. The molecule has 38 heteroatoms. The van der Waals surface area contributed by atoms with Crippen LogP contribution in [0.15, 0.2) is 146 Å². The third-order valence-corrected chi connectivity index (χ3v) is 20.8. The molecule has 5 heterocycles. The molecule has 0 radical (unpaired) electrons. The Hall–Kier alpha value is -9.20. The lowest BCUT2D eigenvalue weighted by Crippen LogP contribution is -2.28. The molecule has 0 spiro atoms. The SMILES string of the molecule is CC(C)(C)CS(=O)(=O)Nc1cc(C(=O)Nc2ccc(F)c(Cl)c2)ccn1.CC(C)S(=O)(=O)Nc1cc(C(=O)Nc2ccc(F)c(F)c2)ccn1.CC(CO)CS(=O)(=O)Nc1cc(C(=O)Nc2ccc(F)c(Cl)c2)ccn1.O=C(Nc1ccc(F)c(Cl)c1)c1ccnc(NS(=O)(=O)C2CCOC2)c1. The third kappa shape index (κ3) is 26.3. The first-order chi connectivity index (χ1) is 47.7. The van der Waals surface area contributed by atoms with Crippen LogP contribution in [0.5, 0.6) is 0 Å². The summed E-state index contributed by atoms with van der Waals surface area (Å²) in [5.41, 5.74) is 1.18. The Labute approximate surface area is 599 Å². The first kappa shape index (κ1) is 81.8. The Bertz CT molecular complexity index is 4840. The summed E-state index contributed by atoms with van der Waals surface area (Å²) >= 11 is 17.0. The molecule has 0 saturated carbocycles. The molecule has 1 aliphatic heterocycles. The highest BCUT2D eigenvalue weighted by atomic mass is 35.5. The van der Waals surface area contributed by atoms with Crippen LogP contribution in [0.4, 0.5) is 68.0 Å². The number of amides is 4. The van der Waals surface area contributed by atoms with Gasteiger partial charge in [-0.2, -0.15) is 0 Å². The van der Waals surface area contributed by atoms with Crippen molar-refractivity contribution in [1.82, 2.24) is 19.9 Å². The number of halogens is 8. The highest BCUT2D eigenvalue weighted by Gasteiger charge is 2.30. The minimum absolute atomic E-state index is 0.0124. The third-order valence-electron chi connectivity index (χ3n) is 13.2. The predicted octanol–water partition coefficient (Wildman–Crippen LogP) is 11.8. The number of carbonyl (C=O) groups excluding carboxylic acids is 4. The van der Waals surface area contributed by atoms with E-state index in [4.69, 9.17) is 44.6 Å². The molecule has 1 saturated heterocycles. The highest BCUT2D eigenvalue weighted by molar-refractivity contribution is 7.93. The lowest BCUT2D eigenvalue weighted by molar-refractivity contribution is 0.101. The van der Waals surface area contributed by atoms with E-state index in [-0.39, 0.29) is 96.7 Å². The summed E-state index contributed by atoms with van der Waals surface area (Å²) in [6, 6.07) is 25.0. The van der Waals surface area contributed by atoms with Gasteiger partial charge in [-0.3, -0.25) is 38.1 Å². The number of aliphatic hydroxyl groups excluding tert-OH is 1. The highest BCUT2D eigenvalue weighted by Crippen LogP contribution is 2.26. The molecule has 546 valence electrons. The summed E-state index contributed by atoms with van der Waals surface area (Å²) in [5, 5.41) is 17.3. The van der Waals surface area contributed by atoms with Gasteiger partial charge in [-0.05, 0) is 147 Å². The van der Waals surface area contributed by atoms with Gasteiger partial charge in [0.05, 0.1) is 38.4 Å². The molecule has 0 aliphatic carbocycles. The Morgan fingerprint density at radius 3 is 1.16 bits per heavy atom. The Balaban J connectivity index is 0.000000214. The van der Waals surface area contributed by atoms with Crippen LogP contribution in [0.2, 0.25) is 15.1 Å². The molecule has 0 bridgehead atoms. The van der Waals surface area contributed by atoms with Gasteiger partial charge in [0.15, 0.2) is 11.6 Å². The van der Waals surface area contributed by atoms with Crippen molar-refractivity contribution in [2.45, 2.75) is 58.5 Å². The summed E-state index contributed by atoms with van der Waals surface area (Å²) in [5.74, 6) is -6.88. The van der Waals surface area contributed by atoms with Crippen molar-refractivity contribution in [3.63, 3.8) is 0 Å². The van der Waals surface area contributed by atoms with Crippen LogP contribution < -0.4 is 40.2 Å². The fourth-order valence-corrected chi connectivity index (χ4v) is 13.7. The second kappa shape index (κ2) is 36.1. The van der Waals surface area contributed by atoms with E-state index in [1.807, 2.05) is 0 Å². The number of nitrogens with zero attached hydrogens (tertiary/aromatic N) is 4. The van der Waals surface area contributed by atoms with E-state index in [9.17, 15) is 74.8 Å². The van der Waals surface area contributed by atoms with Gasteiger partial charge in [0, 0.05) is 89.1 Å². The van der Waals surface area contributed by atoms with Gasteiger partial charge in [-0.25, -0.2) is 75.6 Å². The average molecular weight is 1560 g/mol. The minimum atomic E-state index is -3.72. The van der Waals surface area contributed by atoms with Crippen molar-refractivity contribution in [3.05, 3.63) is 213 Å². The van der Waals surface area contributed by atoms with E-state index in [0.717, 1.165) is 30.3 Å². The molecule has 1 aliphatic rings. The topological polar surface area (TPSA) is 382 Å². The maximum Gasteiger partial charge on any atom is 0.255 e. The van der Waals surface area contributed by atoms with Crippen LogP contribution in [0, 0.1) is 40.4 Å². The maximum atomic E-state index is 13.2. The van der Waals surface area contributed by atoms with Crippen molar-refractivity contribution in [2.24, 2.45) is 11.3 Å². The number of sulfonamides is 4. The van der Waals surface area contributed by atoms with Crippen LogP contribution in [-0.2, 0) is 44.8 Å². The molecule has 2 unspecified atom stereocenters. The van der Waals surface area contributed by atoms with Crippen molar-refractivity contribution in [3.8, 4) is 0 Å². The Kier molecular flexibility index (Phi) is 28.9. The Morgan fingerprint density at radius 1 is 0.490 bits per heavy atom. The normalized spacial score (nSPS) is 13.2. The number of nitrogens with one attached hydrogen (secondary N) is 8. The van der Waals surface area contributed by atoms with Crippen LogP contribution in [0.3, 0.4) is 0 Å². The van der Waals surface area contributed by atoms with Gasteiger partial charge in [0.1, 0.15) is 46.0 Å². The van der Waals surface area contributed by atoms with Crippen LogP contribution in [0.25, 0.3) is 0 Å². The maximum absolute atomic E-state index is 13.2. The monoisotopic (exact) mass is 1550 g/mol. The van der Waals surface area contributed by atoms with Crippen molar-refractivity contribution >= 4 is 145 Å². The fourth-order valence-electron chi connectivity index (χ4n) is 8.26. The minimum Gasteiger partial charge on any atom is -0.396 e. The van der Waals surface area contributed by atoms with E-state index in [0.29, 0.717) is 24.4 Å². The molecule has 1 fully saturated rings. The largest absolute Gasteiger partial charge is 0.396 e. The van der Waals surface area contributed by atoms with E-state index in [2.05, 4.69) is 60.1 Å². The lowest BCUT2D eigenvalue weighted by Gasteiger charge is -2.18. The number of benzene rings is 4. The second-order valence-corrected chi connectivity index (χ2v) is 32.4. The molecular weight excluding hydrogens is 1490 g/mol. The smallest absolute Gasteiger partial charge is 0.255 e. The van der Waals surface area contributed by atoms with Gasteiger partial charge in [-0.15, -0.1) is 0 Å². The number of hydrogen-bond acceptors (Lipinski definition) is 18. The summed E-state index contributed by atoms with van der Waals surface area (Å²) < 4.78 is 176. The molecule has 4 aromatic heterocycles. The number of aliphatic hydroxyl groups is 1. The molecule has 26 nitrogen and oxygen atoms in total. The molecule has 9 rings (SSSR count). The van der Waals surface area contributed by atoms with Crippen molar-refractivity contribution in [1.29, 1.82) is 0 Å². The molecule has 8 aromatic rings. The average Bonchev–Trinajstić information content (AvgIpc) is 1.62. The number of anilines is 8. The van der Waals surface area contributed by atoms with Gasteiger partial charge in [-0.1, -0.05) is 62.5 Å². The first-order valence-electron chi connectivity index (χ1n) is 29.8. The summed E-state index contributed by atoms with van der Waals surface area (Å²) in [6.45, 7) is 10.2. The van der Waals surface area contributed by atoms with Crippen molar-refractivity contribution < 1.29 is 84.6 Å². The zero-order chi connectivity index (χ0) is 75.5. The van der Waals surface area contributed by atoms with Gasteiger partial charge < -0.3 is 31.1 Å². The summed E-state index contributed by atoms with van der Waals surface area (Å²) in [7, 11) is -14.6. The molecule has 4 amide bonds. The van der Waals surface area contributed by atoms with Gasteiger partial charge in [0.25, 0.3) is 23.6 Å². The van der Waals surface area contributed by atoms with E-state index in [1.165, 1.54) is 130 Å². The number of aromatic nitrogens is 4. The van der Waals surface area contributed by atoms with Gasteiger partial charge >= 0.3 is 0 Å². The standard InChI is InChI=1S/C17H19ClFN3O3S.C16H15ClFN3O4S.C16H17ClFN3O4S.C15H15F2N3O3S/c1-17(2,3)10-26(24,25)22-15-8-11(6-7-20-15)16(23)21-12-4-5-14(19)13(18)9-12;17-13-8-11(1-2-14(13)18)20-16(22)10-3-5-19-15(7-10)21-26(23,24)12-4-6-25-9-12;1-10(8-22)9-26(24,25)21-15-6-11(4-5-19-15)16(23)20-12-2-3-14(18)13(17)7-12;1-9(2)24(22,23)20-14-7-10(5-6-18-14)15(21)19-11-3-4-12(16)13(17)8-11/h4-9H,10H2,1-3H3,(H,20,22)(H,21,23);1-3,5,7-8,12H,4,6,9H2,(H,19,21)(H,20,22);2-7,10,22H,8-9H2,1H3,(H,19,21)(H,20,23);3-9H,1-2H3,(H,18,20)(H,19,21). The second-order valence-electron chi connectivity index (χ2n) is 23.5. The predicted molar refractivity (Wildman–Crippen MR) is 379 cm³/mol. The van der Waals surface area contributed by atoms with Crippen LogP contribution >= 0.6 is 34.8 Å². The number of hydrogen-bond donors (Lipinski definition) is 9. The van der Waals surface area contributed by atoms with Crippen LogP contribution in [-0.4, -0.2) is 124 Å². The van der Waals surface area contributed by atoms with Crippen LogP contribution in [0.1, 0.15) is 89.4 Å².